The zero-order chi connectivity index (χ0) is 14.2. The van der Waals surface area contributed by atoms with E-state index in [1.54, 1.807) is 6.92 Å². The van der Waals surface area contributed by atoms with Crippen LogP contribution in [0.1, 0.15) is 40.0 Å². The molecule has 0 aromatic heterocycles. The molecule has 0 fully saturated rings. The zero-order valence-electron chi connectivity index (χ0n) is 11.6. The Kier molecular flexibility index (Phi) is 8.18. The smallest absolute Gasteiger partial charge is 0.222 e. The Balaban J connectivity index is 3.81. The van der Waals surface area contributed by atoms with Gasteiger partial charge in [0.25, 0.3) is 0 Å². The molecule has 0 saturated heterocycles. The average molecular weight is 278 g/mol. The van der Waals surface area contributed by atoms with E-state index in [0.717, 1.165) is 19.3 Å². The van der Waals surface area contributed by atoms with Gasteiger partial charge < -0.3 is 11.1 Å². The van der Waals surface area contributed by atoms with E-state index in [9.17, 15) is 13.2 Å². The SMILES string of the molecule is CCS(=O)(=O)CCNC(=O)C(C)CCCC(C)N. The monoisotopic (exact) mass is 278 g/mol. The molecular formula is C12H26N2O3S. The van der Waals surface area contributed by atoms with Crippen molar-refractivity contribution >= 4 is 15.7 Å². The zero-order valence-corrected chi connectivity index (χ0v) is 12.4. The summed E-state index contributed by atoms with van der Waals surface area (Å²) in [5.74, 6) is -0.0340. The van der Waals surface area contributed by atoms with Gasteiger partial charge in [-0.3, -0.25) is 4.79 Å². The van der Waals surface area contributed by atoms with Crippen LogP contribution in [-0.4, -0.2) is 38.4 Å². The van der Waals surface area contributed by atoms with Crippen LogP contribution in [0, 0.1) is 5.92 Å². The maximum absolute atomic E-state index is 11.7. The van der Waals surface area contributed by atoms with Crippen molar-refractivity contribution in [2.24, 2.45) is 11.7 Å². The Morgan fingerprint density at radius 2 is 1.89 bits per heavy atom. The second-order valence-corrected chi connectivity index (χ2v) is 7.31. The molecular weight excluding hydrogens is 252 g/mol. The van der Waals surface area contributed by atoms with Gasteiger partial charge in [-0.25, -0.2) is 8.42 Å². The van der Waals surface area contributed by atoms with Crippen LogP contribution in [-0.2, 0) is 14.6 Å². The Morgan fingerprint density at radius 3 is 2.39 bits per heavy atom. The highest BCUT2D eigenvalue weighted by atomic mass is 32.2. The Labute approximate surface area is 110 Å². The predicted molar refractivity (Wildman–Crippen MR) is 74.0 cm³/mol. The first-order valence-electron chi connectivity index (χ1n) is 6.52. The van der Waals surface area contributed by atoms with Gasteiger partial charge in [-0.15, -0.1) is 0 Å². The standard InChI is InChI=1S/C12H26N2O3S/c1-4-18(16,17)9-8-14-12(15)10(2)6-5-7-11(3)13/h10-11H,4-9,13H2,1-3H3,(H,14,15). The van der Waals surface area contributed by atoms with Crippen molar-refractivity contribution in [3.05, 3.63) is 0 Å². The summed E-state index contributed by atoms with van der Waals surface area (Å²) in [5, 5.41) is 2.66. The van der Waals surface area contributed by atoms with E-state index in [-0.39, 0.29) is 35.9 Å². The minimum Gasteiger partial charge on any atom is -0.355 e. The van der Waals surface area contributed by atoms with Gasteiger partial charge in [0.05, 0.1) is 5.75 Å². The van der Waals surface area contributed by atoms with Crippen molar-refractivity contribution in [3.8, 4) is 0 Å². The van der Waals surface area contributed by atoms with Crippen LogP contribution >= 0.6 is 0 Å². The van der Waals surface area contributed by atoms with Crippen molar-refractivity contribution in [2.45, 2.75) is 46.1 Å². The van der Waals surface area contributed by atoms with E-state index in [0.29, 0.717) is 0 Å². The maximum Gasteiger partial charge on any atom is 0.222 e. The highest BCUT2D eigenvalue weighted by molar-refractivity contribution is 7.91. The molecule has 6 heteroatoms. The molecule has 1 amide bonds. The van der Waals surface area contributed by atoms with Crippen molar-refractivity contribution in [3.63, 3.8) is 0 Å². The van der Waals surface area contributed by atoms with E-state index in [1.165, 1.54) is 0 Å². The van der Waals surface area contributed by atoms with Gasteiger partial charge in [0.2, 0.25) is 5.91 Å². The van der Waals surface area contributed by atoms with Crippen LogP contribution in [0.15, 0.2) is 0 Å². The molecule has 0 aromatic rings. The molecule has 108 valence electrons. The topological polar surface area (TPSA) is 89.3 Å². The largest absolute Gasteiger partial charge is 0.355 e. The molecule has 0 bridgehead atoms. The van der Waals surface area contributed by atoms with Gasteiger partial charge in [-0.05, 0) is 19.8 Å². The van der Waals surface area contributed by atoms with Crippen molar-refractivity contribution in [1.82, 2.24) is 5.32 Å². The third-order valence-corrected chi connectivity index (χ3v) is 4.60. The van der Waals surface area contributed by atoms with Crippen LogP contribution < -0.4 is 11.1 Å². The fourth-order valence-electron chi connectivity index (χ4n) is 1.53. The first-order chi connectivity index (χ1) is 8.28. The van der Waals surface area contributed by atoms with Crippen LogP contribution in [0.2, 0.25) is 0 Å². The van der Waals surface area contributed by atoms with Gasteiger partial charge in [0, 0.05) is 24.3 Å². The summed E-state index contributed by atoms with van der Waals surface area (Å²) in [4.78, 5) is 11.7. The molecule has 0 aliphatic carbocycles. The predicted octanol–water partition coefficient (Wildman–Crippen LogP) is 0.691. The quantitative estimate of drug-likeness (QED) is 0.649. The summed E-state index contributed by atoms with van der Waals surface area (Å²) in [6.07, 6.45) is 2.61. The molecule has 0 aliphatic rings. The third kappa shape index (κ3) is 8.47. The first-order valence-corrected chi connectivity index (χ1v) is 8.34. The maximum atomic E-state index is 11.7. The third-order valence-electron chi connectivity index (χ3n) is 2.90. The minimum absolute atomic E-state index is 0.0157. The Hall–Kier alpha value is -0.620. The van der Waals surface area contributed by atoms with Gasteiger partial charge in [-0.1, -0.05) is 20.3 Å². The molecule has 0 aliphatic heterocycles. The molecule has 0 heterocycles. The van der Waals surface area contributed by atoms with Crippen LogP contribution in [0.5, 0.6) is 0 Å². The van der Waals surface area contributed by atoms with E-state index >= 15 is 0 Å². The Morgan fingerprint density at radius 1 is 1.28 bits per heavy atom. The second kappa shape index (κ2) is 8.48. The number of nitrogens with two attached hydrogens (primary N) is 1. The number of carbonyl (C=O) groups is 1. The second-order valence-electron chi connectivity index (χ2n) is 4.84. The fourth-order valence-corrected chi connectivity index (χ4v) is 2.23. The first kappa shape index (κ1) is 17.4. The average Bonchev–Trinajstić information content (AvgIpc) is 2.28. The van der Waals surface area contributed by atoms with Crippen molar-refractivity contribution in [1.29, 1.82) is 0 Å². The minimum atomic E-state index is -3.00. The van der Waals surface area contributed by atoms with E-state index in [2.05, 4.69) is 5.32 Å². The highest BCUT2D eigenvalue weighted by Gasteiger charge is 2.14. The number of hydrogen-bond acceptors (Lipinski definition) is 4. The molecule has 0 saturated carbocycles. The van der Waals surface area contributed by atoms with E-state index < -0.39 is 9.84 Å². The summed E-state index contributed by atoms with van der Waals surface area (Å²) >= 11 is 0. The number of carbonyl (C=O) groups excluding carboxylic acids is 1. The number of nitrogens with one attached hydrogen (secondary N) is 1. The van der Waals surface area contributed by atoms with Crippen LogP contribution in [0.3, 0.4) is 0 Å². The van der Waals surface area contributed by atoms with Gasteiger partial charge in [0.1, 0.15) is 0 Å². The molecule has 0 rings (SSSR count). The van der Waals surface area contributed by atoms with E-state index in [4.69, 9.17) is 5.73 Å². The van der Waals surface area contributed by atoms with Crippen LogP contribution in [0.4, 0.5) is 0 Å². The lowest BCUT2D eigenvalue weighted by Gasteiger charge is -2.12. The summed E-state index contributed by atoms with van der Waals surface area (Å²) < 4.78 is 22.5. The highest BCUT2D eigenvalue weighted by Crippen LogP contribution is 2.08. The molecule has 0 radical (unpaired) electrons. The fraction of sp³-hybridized carbons (Fsp3) is 0.917. The molecule has 5 nitrogen and oxygen atoms in total. The molecule has 18 heavy (non-hydrogen) atoms. The lowest BCUT2D eigenvalue weighted by Crippen LogP contribution is -2.33. The summed E-state index contributed by atoms with van der Waals surface area (Å²) in [6.45, 7) is 5.60. The molecule has 3 N–H and O–H groups in total. The summed E-state index contributed by atoms with van der Waals surface area (Å²) in [7, 11) is -3.00. The van der Waals surface area contributed by atoms with Crippen LogP contribution in [0.25, 0.3) is 0 Å². The number of rotatable bonds is 9. The lowest BCUT2D eigenvalue weighted by molar-refractivity contribution is -0.124. The van der Waals surface area contributed by atoms with Gasteiger partial charge >= 0.3 is 0 Å². The van der Waals surface area contributed by atoms with Crippen molar-refractivity contribution in [2.75, 3.05) is 18.1 Å². The van der Waals surface area contributed by atoms with Gasteiger partial charge in [-0.2, -0.15) is 0 Å². The number of hydrogen-bond donors (Lipinski definition) is 2. The molecule has 0 aromatic carbocycles. The van der Waals surface area contributed by atoms with Gasteiger partial charge in [0.15, 0.2) is 9.84 Å². The lowest BCUT2D eigenvalue weighted by atomic mass is 10.0. The summed E-state index contributed by atoms with van der Waals surface area (Å²) in [5.41, 5.74) is 5.63. The molecule has 2 atom stereocenters. The Bertz CT molecular complexity index is 339. The van der Waals surface area contributed by atoms with Crippen molar-refractivity contribution < 1.29 is 13.2 Å². The number of amides is 1. The normalized spacial score (nSPS) is 15.1. The molecule has 0 spiro atoms. The number of sulfone groups is 1. The van der Waals surface area contributed by atoms with E-state index in [1.807, 2.05) is 13.8 Å². The molecule has 2 unspecified atom stereocenters. The summed E-state index contributed by atoms with van der Waals surface area (Å²) in [6, 6.07) is 0.162.